The first-order chi connectivity index (χ1) is 23.0. The number of aryl methyl sites for hydroxylation is 1. The van der Waals surface area contributed by atoms with Crippen LogP contribution in [0.25, 0.3) is 32.0 Å². The Balaban J connectivity index is 1.31. The first-order valence-corrected chi connectivity index (χ1v) is 20.2. The van der Waals surface area contributed by atoms with Crippen molar-refractivity contribution in [1.82, 2.24) is 0 Å². The van der Waals surface area contributed by atoms with E-state index in [9.17, 15) is 0 Å². The Morgan fingerprint density at radius 1 is 0.617 bits per heavy atom. The van der Waals surface area contributed by atoms with Crippen LogP contribution in [0.5, 0.6) is 0 Å². The highest BCUT2D eigenvalue weighted by atomic mass is 32.1. The van der Waals surface area contributed by atoms with E-state index in [4.69, 9.17) is 4.42 Å². The van der Waals surface area contributed by atoms with Crippen LogP contribution in [0.4, 0.5) is 34.1 Å². The molecule has 0 N–H and O–H groups in total. The van der Waals surface area contributed by atoms with Gasteiger partial charge in [0.15, 0.2) is 5.58 Å². The van der Waals surface area contributed by atoms with E-state index in [-0.39, 0.29) is 6.71 Å². The fourth-order valence-corrected chi connectivity index (χ4v) is 13.2. The molecule has 5 heterocycles. The lowest BCUT2D eigenvalue weighted by molar-refractivity contribution is 0.669. The summed E-state index contributed by atoms with van der Waals surface area (Å²) >= 11 is 1.95. The molecule has 0 saturated carbocycles. The minimum absolute atomic E-state index is 0.139. The summed E-state index contributed by atoms with van der Waals surface area (Å²) in [6, 6.07) is 45.1. The SMILES string of the molecule is Cc1cc2c3c(c1)N(c1cccc4c1oc1ccccc14)c1c(sc4ccccc14)B3c1cccc3c1N2c1ccccc1[Si]3(C)C. The monoisotopic (exact) mass is 636 g/mol. The van der Waals surface area contributed by atoms with Gasteiger partial charge in [0.05, 0.1) is 11.4 Å². The number of thiophene rings is 1. The molecule has 3 aliphatic rings. The van der Waals surface area contributed by atoms with Gasteiger partial charge in [0, 0.05) is 48.4 Å². The second-order valence-corrected chi connectivity index (χ2v) is 19.2. The third kappa shape index (κ3) is 3.17. The molecular weight excluding hydrogens is 607 g/mol. The zero-order valence-electron chi connectivity index (χ0n) is 26.3. The second-order valence-electron chi connectivity index (χ2n) is 13.8. The van der Waals surface area contributed by atoms with Crippen LogP contribution in [0.3, 0.4) is 0 Å². The van der Waals surface area contributed by atoms with E-state index in [2.05, 4.69) is 151 Å². The summed E-state index contributed by atoms with van der Waals surface area (Å²) in [6.45, 7) is 7.44. The van der Waals surface area contributed by atoms with Gasteiger partial charge in [0.2, 0.25) is 0 Å². The maximum atomic E-state index is 6.73. The summed E-state index contributed by atoms with van der Waals surface area (Å²) in [5.74, 6) is 0. The van der Waals surface area contributed by atoms with E-state index < -0.39 is 8.07 Å². The highest BCUT2D eigenvalue weighted by Gasteiger charge is 2.49. The lowest BCUT2D eigenvalue weighted by Crippen LogP contribution is -2.67. The predicted molar refractivity (Wildman–Crippen MR) is 205 cm³/mol. The third-order valence-corrected chi connectivity index (χ3v) is 15.6. The van der Waals surface area contributed by atoms with Crippen LogP contribution < -0.4 is 35.9 Å². The van der Waals surface area contributed by atoms with Crippen molar-refractivity contribution in [2.24, 2.45) is 0 Å². The van der Waals surface area contributed by atoms with Crippen LogP contribution in [0.1, 0.15) is 5.56 Å². The van der Waals surface area contributed by atoms with Gasteiger partial charge in [0.1, 0.15) is 13.7 Å². The number of para-hydroxylation sites is 4. The molecule has 8 aromatic rings. The van der Waals surface area contributed by atoms with Crippen molar-refractivity contribution in [2.45, 2.75) is 20.0 Å². The molecule has 0 saturated heterocycles. The van der Waals surface area contributed by atoms with Crippen LogP contribution in [-0.2, 0) is 0 Å². The van der Waals surface area contributed by atoms with Gasteiger partial charge in [-0.05, 0) is 70.2 Å². The molecule has 3 nitrogen and oxygen atoms in total. The Hall–Kier alpha value is -5.04. The van der Waals surface area contributed by atoms with Gasteiger partial charge >= 0.3 is 0 Å². The topological polar surface area (TPSA) is 19.6 Å². The molecule has 0 aliphatic carbocycles. The Morgan fingerprint density at radius 3 is 2.15 bits per heavy atom. The fourth-order valence-electron chi connectivity index (χ4n) is 8.87. The van der Waals surface area contributed by atoms with Crippen molar-refractivity contribution >= 4 is 118 Å². The number of furan rings is 1. The van der Waals surface area contributed by atoms with Crippen molar-refractivity contribution in [3.05, 3.63) is 127 Å². The van der Waals surface area contributed by atoms with E-state index in [1.165, 1.54) is 70.2 Å². The summed E-state index contributed by atoms with van der Waals surface area (Å²) in [7, 11) is -1.96. The lowest BCUT2D eigenvalue weighted by Gasteiger charge is -2.48. The zero-order valence-corrected chi connectivity index (χ0v) is 28.2. The summed E-state index contributed by atoms with van der Waals surface area (Å²) in [4.78, 5) is 5.14. The molecule has 0 amide bonds. The molecule has 222 valence electrons. The minimum Gasteiger partial charge on any atom is -0.454 e. The summed E-state index contributed by atoms with van der Waals surface area (Å²) in [5.41, 5.74) is 13.6. The molecule has 0 radical (unpaired) electrons. The molecule has 0 atom stereocenters. The average Bonchev–Trinajstić information content (AvgIpc) is 3.66. The molecule has 0 bridgehead atoms. The highest BCUT2D eigenvalue weighted by Crippen LogP contribution is 2.50. The first-order valence-electron chi connectivity index (χ1n) is 16.4. The third-order valence-electron chi connectivity index (χ3n) is 10.9. The second kappa shape index (κ2) is 8.85. The van der Waals surface area contributed by atoms with Crippen molar-refractivity contribution in [1.29, 1.82) is 0 Å². The van der Waals surface area contributed by atoms with Crippen molar-refractivity contribution < 1.29 is 4.42 Å². The largest absolute Gasteiger partial charge is 0.454 e. The fraction of sp³-hybridized carbons (Fsp3) is 0.0732. The predicted octanol–water partition coefficient (Wildman–Crippen LogP) is 8.33. The Labute approximate surface area is 278 Å². The number of hydrogen-bond acceptors (Lipinski definition) is 4. The van der Waals surface area contributed by atoms with E-state index >= 15 is 0 Å². The molecule has 6 heteroatoms. The molecule has 0 spiro atoms. The van der Waals surface area contributed by atoms with Gasteiger partial charge < -0.3 is 14.2 Å². The average molecular weight is 637 g/mol. The van der Waals surface area contributed by atoms with E-state index in [1.807, 2.05) is 11.3 Å². The van der Waals surface area contributed by atoms with Crippen LogP contribution in [0, 0.1) is 6.92 Å². The number of benzene rings is 6. The molecule has 6 aromatic carbocycles. The van der Waals surface area contributed by atoms with E-state index in [0.717, 1.165) is 27.6 Å². The Bertz CT molecular complexity index is 2670. The van der Waals surface area contributed by atoms with Crippen LogP contribution in [-0.4, -0.2) is 14.8 Å². The summed E-state index contributed by atoms with van der Waals surface area (Å²) in [5, 5.41) is 6.62. The van der Waals surface area contributed by atoms with Gasteiger partial charge in [-0.2, -0.15) is 0 Å². The maximum absolute atomic E-state index is 6.73. The number of hydrogen-bond donors (Lipinski definition) is 0. The zero-order chi connectivity index (χ0) is 31.2. The standard InChI is InChI=1S/C41H29BN2OSSi/c1-24-22-31-37-32(23-24)44(30-17-10-14-26-25-12-4-7-18-33(25)45-40(26)30)38-27-13-5-8-19-34(27)46-41(38)42(37)28-15-11-21-36-39(28)43(31)29-16-6-9-20-35(29)47(36,2)3/h4-23H,1-3H3. The normalized spacial score (nSPS) is 15.2. The number of rotatable bonds is 1. The lowest BCUT2D eigenvalue weighted by atomic mass is 9.36. The first kappa shape index (κ1) is 26.1. The smallest absolute Gasteiger partial charge is 0.264 e. The molecular formula is C41H29BN2OSSi. The highest BCUT2D eigenvalue weighted by molar-refractivity contribution is 7.33. The maximum Gasteiger partial charge on any atom is 0.264 e. The van der Waals surface area contributed by atoms with Gasteiger partial charge in [0.25, 0.3) is 6.71 Å². The molecule has 0 fully saturated rings. The van der Waals surface area contributed by atoms with E-state index in [0.29, 0.717) is 0 Å². The van der Waals surface area contributed by atoms with Crippen molar-refractivity contribution in [2.75, 3.05) is 9.80 Å². The van der Waals surface area contributed by atoms with Gasteiger partial charge in [-0.3, -0.25) is 0 Å². The number of fused-ring (bicyclic) bond motifs is 11. The Morgan fingerprint density at radius 2 is 1.28 bits per heavy atom. The molecule has 3 aliphatic heterocycles. The molecule has 47 heavy (non-hydrogen) atoms. The molecule has 2 aromatic heterocycles. The Kier molecular flexibility index (Phi) is 4.91. The number of anilines is 6. The van der Waals surface area contributed by atoms with Crippen LogP contribution in [0.2, 0.25) is 13.1 Å². The quantitative estimate of drug-likeness (QED) is 0.169. The molecule has 11 rings (SSSR count). The van der Waals surface area contributed by atoms with Gasteiger partial charge in [-0.25, -0.2) is 0 Å². The minimum atomic E-state index is -1.96. The molecule has 0 unspecified atom stereocenters. The summed E-state index contributed by atoms with van der Waals surface area (Å²) < 4.78 is 9.45. The van der Waals surface area contributed by atoms with Crippen LogP contribution in [0.15, 0.2) is 126 Å². The van der Waals surface area contributed by atoms with E-state index in [1.54, 1.807) is 0 Å². The number of nitrogens with zero attached hydrogens (tertiary/aromatic N) is 2. The van der Waals surface area contributed by atoms with Crippen LogP contribution >= 0.6 is 11.3 Å². The van der Waals surface area contributed by atoms with Crippen molar-refractivity contribution in [3.63, 3.8) is 0 Å². The van der Waals surface area contributed by atoms with Gasteiger partial charge in [-0.1, -0.05) is 98.0 Å². The summed E-state index contributed by atoms with van der Waals surface area (Å²) in [6.07, 6.45) is 0. The van der Waals surface area contributed by atoms with Gasteiger partial charge in [-0.15, -0.1) is 11.3 Å². The van der Waals surface area contributed by atoms with Crippen molar-refractivity contribution in [3.8, 4) is 0 Å².